The highest BCUT2D eigenvalue weighted by molar-refractivity contribution is 5.79. The Bertz CT molecular complexity index is 1110. The second kappa shape index (κ2) is 25.6. The summed E-state index contributed by atoms with van der Waals surface area (Å²) >= 11 is 0. The summed E-state index contributed by atoms with van der Waals surface area (Å²) in [5.41, 5.74) is 8.90. The second-order valence-corrected chi connectivity index (χ2v) is 9.95. The van der Waals surface area contributed by atoms with Crippen molar-refractivity contribution in [3.63, 3.8) is 0 Å². The first-order valence-electron chi connectivity index (χ1n) is 14.7. The van der Waals surface area contributed by atoms with E-state index in [-0.39, 0.29) is 12.5 Å². The zero-order valence-electron chi connectivity index (χ0n) is 26.1. The van der Waals surface area contributed by atoms with Crippen molar-refractivity contribution in [1.29, 1.82) is 0 Å². The number of hydrogen-bond acceptors (Lipinski definition) is 7. The highest BCUT2D eigenvalue weighted by Crippen LogP contribution is 2.23. The Morgan fingerprint density at radius 1 is 1.20 bits per heavy atom. The third-order valence-electron chi connectivity index (χ3n) is 6.43. The van der Waals surface area contributed by atoms with Gasteiger partial charge in [0.2, 0.25) is 12.3 Å². The molecule has 246 valence electrons. The molecule has 0 saturated heterocycles. The van der Waals surface area contributed by atoms with Gasteiger partial charge in [0.15, 0.2) is 0 Å². The van der Waals surface area contributed by atoms with Gasteiger partial charge >= 0.3 is 6.61 Å². The summed E-state index contributed by atoms with van der Waals surface area (Å²) < 4.78 is 25.7. The van der Waals surface area contributed by atoms with Crippen LogP contribution in [0.5, 0.6) is 5.75 Å². The van der Waals surface area contributed by atoms with Crippen LogP contribution in [0.25, 0.3) is 10.9 Å². The fraction of sp³-hybridized carbons (Fsp3) is 0.500. The maximum atomic E-state index is 11.2. The van der Waals surface area contributed by atoms with Crippen molar-refractivity contribution in [1.82, 2.24) is 20.2 Å². The molecule has 10 nitrogen and oxygen atoms in total. The number of unbranched alkanes of at least 4 members (excludes halogenated alkanes) is 2. The molecular weight excluding hydrogens is 572 g/mol. The van der Waals surface area contributed by atoms with Crippen LogP contribution in [0.15, 0.2) is 48.8 Å². The van der Waals surface area contributed by atoms with Gasteiger partial charge in [-0.2, -0.15) is 8.78 Å². The number of aliphatic hydroxyl groups excluding tert-OH is 1. The Morgan fingerprint density at radius 3 is 2.39 bits per heavy atom. The summed E-state index contributed by atoms with van der Waals surface area (Å²) in [5, 5.41) is 10.2. The molecule has 0 radical (unpaired) electrons. The topological polar surface area (TPSA) is 151 Å². The predicted octanol–water partition coefficient (Wildman–Crippen LogP) is 5.13. The highest BCUT2D eigenvalue weighted by Gasteiger charge is 2.14. The molecule has 3 aromatic rings. The van der Waals surface area contributed by atoms with Gasteiger partial charge in [0.25, 0.3) is 0 Å². The lowest BCUT2D eigenvalue weighted by molar-refractivity contribution is -0.130. The van der Waals surface area contributed by atoms with E-state index in [1.165, 1.54) is 37.7 Å². The molecule has 1 aromatic carbocycles. The Kier molecular flexibility index (Phi) is 23.3. The van der Waals surface area contributed by atoms with Crippen LogP contribution in [0.3, 0.4) is 0 Å². The number of nitrogens with one attached hydrogen (secondary N) is 2. The normalized spacial score (nSPS) is 12.1. The maximum Gasteiger partial charge on any atom is 0.342 e. The molecule has 2 amide bonds. The quantitative estimate of drug-likeness (QED) is 0.181. The number of aromatic nitrogens is 2. The van der Waals surface area contributed by atoms with Crippen molar-refractivity contribution < 1.29 is 33.0 Å². The number of carbonyl (C=O) groups is 3. The van der Waals surface area contributed by atoms with Gasteiger partial charge in [-0.3, -0.25) is 14.6 Å². The number of carbonyl (C=O) groups excluding carboxylic acids is 3. The lowest BCUT2D eigenvalue weighted by atomic mass is 9.98. The Morgan fingerprint density at radius 2 is 1.84 bits per heavy atom. The van der Waals surface area contributed by atoms with Crippen LogP contribution in [0, 0.1) is 6.92 Å². The first-order valence-corrected chi connectivity index (χ1v) is 14.7. The first-order chi connectivity index (χ1) is 21.2. The van der Waals surface area contributed by atoms with E-state index in [1.807, 2.05) is 25.1 Å². The molecule has 44 heavy (non-hydrogen) atoms. The van der Waals surface area contributed by atoms with Crippen LogP contribution >= 0.6 is 0 Å². The number of alkyl halides is 2. The number of aliphatic hydroxyl groups is 1. The number of ether oxygens (including phenoxy) is 1. The Balaban J connectivity index is 0.000000580. The number of hydrogen-bond donors (Lipinski definition) is 4. The van der Waals surface area contributed by atoms with E-state index in [9.17, 15) is 18.4 Å². The number of halogens is 2. The minimum atomic E-state index is -3.17. The molecule has 0 atom stereocenters. The van der Waals surface area contributed by atoms with Gasteiger partial charge in [-0.15, -0.1) is 0 Å². The first kappa shape index (κ1) is 40.1. The molecule has 5 N–H and O–H groups in total. The zero-order valence-corrected chi connectivity index (χ0v) is 26.1. The van der Waals surface area contributed by atoms with E-state index in [1.54, 1.807) is 18.1 Å². The fourth-order valence-corrected chi connectivity index (χ4v) is 4.12. The average Bonchev–Trinajstić information content (AvgIpc) is 3.47. The molecule has 0 bridgehead atoms. The summed E-state index contributed by atoms with van der Waals surface area (Å²) in [6.07, 6.45) is 14.4. The van der Waals surface area contributed by atoms with Crippen molar-refractivity contribution in [2.75, 3.05) is 20.1 Å². The lowest BCUT2D eigenvalue weighted by Crippen LogP contribution is -2.35. The van der Waals surface area contributed by atoms with E-state index in [0.717, 1.165) is 48.2 Å². The summed E-state index contributed by atoms with van der Waals surface area (Å²) in [4.78, 5) is 37.9. The molecule has 12 heteroatoms. The Labute approximate surface area is 259 Å². The van der Waals surface area contributed by atoms with Gasteiger partial charge in [-0.25, -0.2) is 0 Å². The van der Waals surface area contributed by atoms with Gasteiger partial charge in [0.05, 0.1) is 12.6 Å². The minimum absolute atomic E-state index is 0.0387. The van der Waals surface area contributed by atoms with Gasteiger partial charge in [-0.1, -0.05) is 43.9 Å². The fourth-order valence-electron chi connectivity index (χ4n) is 4.12. The standard InChI is InChI=1S/C13H18O.C9H18N2O2.C8H9N3.CH2F2O.CH2O/c1-11-7-9-13(10-8-11)14-12-5-3-2-4-6-12;1-3-4-5-6-11(2)9(13)7-10-8-12;9-4-7-3-6-5-10-2-1-8(6)11-7;2-1(3)4;1-2/h7-10,12H,2-6H2,1H3;8H,3-7H2,1-2H3,(H,10,12);1-3,5,11H,4,9H2;1,4H;1H2. The molecular formula is C32H49F2N5O5. The van der Waals surface area contributed by atoms with Crippen molar-refractivity contribution in [3.05, 3.63) is 60.0 Å². The largest absolute Gasteiger partial charge is 0.490 e. The second-order valence-electron chi connectivity index (χ2n) is 9.95. The summed E-state index contributed by atoms with van der Waals surface area (Å²) in [6, 6.07) is 12.3. The number of likely N-dealkylation sites (N-methyl/N-ethyl adjacent to an activating group) is 1. The average molecular weight is 622 g/mol. The van der Waals surface area contributed by atoms with Crippen LogP contribution in [0.1, 0.15) is 69.5 Å². The van der Waals surface area contributed by atoms with Crippen molar-refractivity contribution in [2.24, 2.45) is 5.73 Å². The van der Waals surface area contributed by atoms with E-state index in [0.29, 0.717) is 19.1 Å². The highest BCUT2D eigenvalue weighted by atomic mass is 19.3. The lowest BCUT2D eigenvalue weighted by Gasteiger charge is -2.22. The monoisotopic (exact) mass is 621 g/mol. The van der Waals surface area contributed by atoms with Gasteiger partial charge in [0.1, 0.15) is 12.5 Å². The molecule has 2 aromatic heterocycles. The van der Waals surface area contributed by atoms with Crippen LogP contribution in [0.2, 0.25) is 0 Å². The van der Waals surface area contributed by atoms with Crippen LogP contribution in [-0.4, -0.2) is 71.9 Å². The molecule has 2 heterocycles. The molecule has 1 aliphatic carbocycles. The van der Waals surface area contributed by atoms with Gasteiger partial charge < -0.3 is 35.6 Å². The molecule has 0 unspecified atom stereocenters. The SMILES string of the molecule is C=O.CCCCCN(C)C(=O)CNC=O.Cc1ccc(OC2CCCCC2)cc1.NCc1cc2cnccc2[nH]1.OC(F)F. The maximum absolute atomic E-state index is 11.2. The van der Waals surface area contributed by atoms with Crippen molar-refractivity contribution in [2.45, 2.75) is 84.5 Å². The summed E-state index contributed by atoms with van der Waals surface area (Å²) in [7, 11) is 1.75. The van der Waals surface area contributed by atoms with Crippen LogP contribution in [0.4, 0.5) is 8.78 Å². The zero-order chi connectivity index (χ0) is 33.2. The summed E-state index contributed by atoms with van der Waals surface area (Å²) in [5.74, 6) is 0.991. The van der Waals surface area contributed by atoms with E-state index < -0.39 is 6.61 Å². The van der Waals surface area contributed by atoms with Crippen LogP contribution in [-0.2, 0) is 20.9 Å². The Hall–Kier alpha value is -3.90. The molecule has 0 spiro atoms. The number of rotatable bonds is 10. The summed E-state index contributed by atoms with van der Waals surface area (Å²) in [6.45, 7) is 4.48. The predicted molar refractivity (Wildman–Crippen MR) is 169 cm³/mol. The van der Waals surface area contributed by atoms with Crippen molar-refractivity contribution in [3.8, 4) is 5.75 Å². The number of fused-ring (bicyclic) bond motifs is 1. The number of aromatic amines is 1. The third kappa shape index (κ3) is 19.3. The number of benzene rings is 1. The molecule has 1 aliphatic rings. The van der Waals surface area contributed by atoms with E-state index in [4.69, 9.17) is 20.4 Å². The van der Waals surface area contributed by atoms with Gasteiger partial charge in [0, 0.05) is 49.1 Å². The number of nitrogens with two attached hydrogens (primary N) is 1. The number of nitrogens with zero attached hydrogens (tertiary/aromatic N) is 2. The molecule has 0 aliphatic heterocycles. The molecule has 1 fully saturated rings. The van der Waals surface area contributed by atoms with E-state index >= 15 is 0 Å². The van der Waals surface area contributed by atoms with Gasteiger partial charge in [-0.05, 0) is 63.3 Å². The van der Waals surface area contributed by atoms with E-state index in [2.05, 4.69) is 53.4 Å². The minimum Gasteiger partial charge on any atom is -0.490 e. The van der Waals surface area contributed by atoms with Crippen LogP contribution < -0.4 is 15.8 Å². The third-order valence-corrected chi connectivity index (χ3v) is 6.43. The number of H-pyrrole nitrogens is 1. The number of amides is 2. The molecule has 4 rings (SSSR count). The molecule has 1 saturated carbocycles. The number of pyridine rings is 1. The smallest absolute Gasteiger partial charge is 0.342 e. The number of aryl methyl sites for hydroxylation is 1. The van der Waals surface area contributed by atoms with Crippen molar-refractivity contribution >= 4 is 30.0 Å².